The van der Waals surface area contributed by atoms with Gasteiger partial charge < -0.3 is 0 Å². The van der Waals surface area contributed by atoms with E-state index < -0.39 is 6.04 Å². The highest BCUT2D eigenvalue weighted by Crippen LogP contribution is 2.43. The molecule has 0 aliphatic rings. The molecule has 0 saturated carbocycles. The first kappa shape index (κ1) is 22.5. The Bertz CT molecular complexity index is 2820. The zero-order valence-electron chi connectivity index (χ0n) is 30.0. The number of rotatable bonds is 5. The van der Waals surface area contributed by atoms with Gasteiger partial charge in [0.2, 0.25) is 0 Å². The van der Waals surface area contributed by atoms with E-state index in [0.29, 0.717) is 23.0 Å². The van der Waals surface area contributed by atoms with Crippen molar-refractivity contribution in [1.82, 2.24) is 15.0 Å². The summed E-state index contributed by atoms with van der Waals surface area (Å²) in [5.41, 5.74) is 5.57. The second-order valence-corrected chi connectivity index (χ2v) is 12.3. The lowest BCUT2D eigenvalue weighted by molar-refractivity contribution is 1.08. The van der Waals surface area contributed by atoms with Crippen molar-refractivity contribution in [2.24, 2.45) is 0 Å². The standard InChI is InChI=1S/C43H27N3S/c1-3-12-29(13-4-1)35-20-10-21-36-39-37(22-11-23-38(39)47-40(35)36)43-45-41(31-15-5-2-6-16-31)44-42(46-43)32-26-24-30(25-27-32)34-19-9-17-28-14-7-8-18-33(28)34/h1-27H/i1D,3D,4D,12D,13D. The normalized spacial score (nSPS) is 12.9. The van der Waals surface area contributed by atoms with Crippen molar-refractivity contribution in [2.45, 2.75) is 0 Å². The lowest BCUT2D eigenvalue weighted by Crippen LogP contribution is -2.00. The molecule has 2 aromatic heterocycles. The van der Waals surface area contributed by atoms with Crippen LogP contribution >= 0.6 is 11.3 Å². The molecule has 0 N–H and O–H groups in total. The van der Waals surface area contributed by atoms with E-state index in [-0.39, 0.29) is 29.7 Å². The Labute approximate surface area is 283 Å². The SMILES string of the molecule is [2H]c1c([2H])c([2H])c(-c2cccc3c2sc2cccc(-c4nc(-c5ccccc5)nc(-c5ccc(-c6cccc7ccccc67)cc5)n4)c23)c([2H])c1[2H]. The number of benzene rings is 7. The average molecular weight is 623 g/mol. The maximum absolute atomic E-state index is 8.67. The first-order valence-corrected chi connectivity index (χ1v) is 16.1. The largest absolute Gasteiger partial charge is 0.208 e. The van der Waals surface area contributed by atoms with Gasteiger partial charge in [0.05, 0.1) is 6.85 Å². The van der Waals surface area contributed by atoms with Crippen molar-refractivity contribution < 1.29 is 6.85 Å². The van der Waals surface area contributed by atoms with Gasteiger partial charge in [-0.3, -0.25) is 0 Å². The molecule has 0 spiro atoms. The fourth-order valence-corrected chi connectivity index (χ4v) is 7.48. The quantitative estimate of drug-likeness (QED) is 0.192. The minimum Gasteiger partial charge on any atom is -0.208 e. The molecular formula is C43H27N3S. The fourth-order valence-electron chi connectivity index (χ4n) is 6.23. The molecule has 9 aromatic rings. The summed E-state index contributed by atoms with van der Waals surface area (Å²) in [5, 5.41) is 4.20. The number of thiophene rings is 1. The van der Waals surface area contributed by atoms with Crippen molar-refractivity contribution in [1.29, 1.82) is 0 Å². The minimum absolute atomic E-state index is 0.186. The molecule has 0 unspecified atom stereocenters. The van der Waals surface area contributed by atoms with Gasteiger partial charge in [0.1, 0.15) is 0 Å². The van der Waals surface area contributed by atoms with E-state index in [2.05, 4.69) is 66.7 Å². The van der Waals surface area contributed by atoms with Crippen LogP contribution in [-0.4, -0.2) is 15.0 Å². The van der Waals surface area contributed by atoms with Gasteiger partial charge >= 0.3 is 0 Å². The summed E-state index contributed by atoms with van der Waals surface area (Å²) in [6.45, 7) is 0. The molecule has 0 aliphatic carbocycles. The van der Waals surface area contributed by atoms with Gasteiger partial charge in [0.25, 0.3) is 0 Å². The Hall–Kier alpha value is -5.97. The van der Waals surface area contributed by atoms with Crippen LogP contribution in [0.3, 0.4) is 0 Å². The number of fused-ring (bicyclic) bond motifs is 4. The molecule has 0 fully saturated rings. The predicted octanol–water partition coefficient (Wildman–Crippen LogP) is 11.7. The number of nitrogens with zero attached hydrogens (tertiary/aromatic N) is 3. The van der Waals surface area contributed by atoms with E-state index >= 15 is 0 Å². The fraction of sp³-hybridized carbons (Fsp3) is 0. The van der Waals surface area contributed by atoms with Crippen LogP contribution in [0.1, 0.15) is 6.85 Å². The number of aromatic nitrogens is 3. The molecule has 0 atom stereocenters. The molecule has 220 valence electrons. The first-order valence-electron chi connectivity index (χ1n) is 17.8. The second-order valence-electron chi connectivity index (χ2n) is 11.2. The van der Waals surface area contributed by atoms with Crippen LogP contribution in [0.2, 0.25) is 0 Å². The third-order valence-electron chi connectivity index (χ3n) is 8.44. The average Bonchev–Trinajstić information content (AvgIpc) is 3.59. The van der Waals surface area contributed by atoms with Gasteiger partial charge in [-0.1, -0.05) is 158 Å². The summed E-state index contributed by atoms with van der Waals surface area (Å²) in [6, 6.07) is 43.0. The van der Waals surface area contributed by atoms with Crippen LogP contribution in [-0.2, 0) is 0 Å². The van der Waals surface area contributed by atoms with Gasteiger partial charge in [-0.2, -0.15) is 0 Å². The van der Waals surface area contributed by atoms with Crippen LogP contribution in [0, 0.1) is 0 Å². The van der Waals surface area contributed by atoms with Gasteiger partial charge in [0.15, 0.2) is 17.5 Å². The third kappa shape index (κ3) is 4.87. The topological polar surface area (TPSA) is 38.7 Å². The molecule has 7 aromatic carbocycles. The summed E-state index contributed by atoms with van der Waals surface area (Å²) in [4.78, 5) is 15.1. The summed E-state index contributed by atoms with van der Waals surface area (Å²) in [5.74, 6) is 1.61. The van der Waals surface area contributed by atoms with E-state index in [1.54, 1.807) is 0 Å². The van der Waals surface area contributed by atoms with Crippen LogP contribution in [0.5, 0.6) is 0 Å². The van der Waals surface area contributed by atoms with Crippen LogP contribution in [0.4, 0.5) is 0 Å². The highest BCUT2D eigenvalue weighted by molar-refractivity contribution is 7.26. The molecule has 0 aliphatic heterocycles. The molecular weight excluding hydrogens is 591 g/mol. The Kier molecular flexibility index (Phi) is 5.48. The Balaban J connectivity index is 1.23. The Morgan fingerprint density at radius 3 is 1.85 bits per heavy atom. The van der Waals surface area contributed by atoms with Crippen molar-refractivity contribution in [3.05, 3.63) is 164 Å². The van der Waals surface area contributed by atoms with E-state index in [4.69, 9.17) is 21.8 Å². The summed E-state index contributed by atoms with van der Waals surface area (Å²) >= 11 is 1.52. The Morgan fingerprint density at radius 1 is 0.426 bits per heavy atom. The molecule has 3 nitrogen and oxygen atoms in total. The van der Waals surface area contributed by atoms with Gasteiger partial charge in [0, 0.05) is 36.9 Å². The molecule has 0 saturated heterocycles. The highest BCUT2D eigenvalue weighted by Gasteiger charge is 2.18. The minimum atomic E-state index is -0.410. The van der Waals surface area contributed by atoms with Crippen molar-refractivity contribution in [3.63, 3.8) is 0 Å². The summed E-state index contributed by atoms with van der Waals surface area (Å²) in [7, 11) is 0. The molecule has 0 bridgehead atoms. The molecule has 0 radical (unpaired) electrons. The van der Waals surface area contributed by atoms with Crippen molar-refractivity contribution in [2.75, 3.05) is 0 Å². The predicted molar refractivity (Wildman–Crippen MR) is 197 cm³/mol. The first-order chi connectivity index (χ1) is 25.4. The second kappa shape index (κ2) is 11.4. The van der Waals surface area contributed by atoms with Crippen molar-refractivity contribution >= 4 is 42.3 Å². The lowest BCUT2D eigenvalue weighted by Gasteiger charge is -2.11. The van der Waals surface area contributed by atoms with Gasteiger partial charge in [-0.25, -0.2) is 15.0 Å². The number of hydrogen-bond acceptors (Lipinski definition) is 4. The van der Waals surface area contributed by atoms with Gasteiger partial charge in [-0.05, 0) is 39.1 Å². The maximum Gasteiger partial charge on any atom is 0.164 e. The smallest absolute Gasteiger partial charge is 0.164 e. The molecule has 2 heterocycles. The van der Waals surface area contributed by atoms with E-state index in [1.807, 2.05) is 66.7 Å². The maximum atomic E-state index is 8.67. The Morgan fingerprint density at radius 2 is 1.02 bits per heavy atom. The molecule has 47 heavy (non-hydrogen) atoms. The molecule has 0 amide bonds. The third-order valence-corrected chi connectivity index (χ3v) is 9.65. The zero-order valence-corrected chi connectivity index (χ0v) is 25.8. The lowest BCUT2D eigenvalue weighted by atomic mass is 9.97. The van der Waals surface area contributed by atoms with Crippen molar-refractivity contribution in [3.8, 4) is 56.4 Å². The zero-order chi connectivity index (χ0) is 35.5. The molecule has 4 heteroatoms. The van der Waals surface area contributed by atoms with Crippen LogP contribution in [0.25, 0.3) is 87.4 Å². The van der Waals surface area contributed by atoms with E-state index in [1.165, 1.54) is 22.1 Å². The molecule has 9 rings (SSSR count). The monoisotopic (exact) mass is 622 g/mol. The van der Waals surface area contributed by atoms with E-state index in [0.717, 1.165) is 48.0 Å². The summed E-state index contributed by atoms with van der Waals surface area (Å²) in [6.07, 6.45) is 0. The van der Waals surface area contributed by atoms with Gasteiger partial charge in [-0.15, -0.1) is 11.3 Å². The number of hydrogen-bond donors (Lipinski definition) is 0. The van der Waals surface area contributed by atoms with Crippen LogP contribution < -0.4 is 0 Å². The summed E-state index contributed by atoms with van der Waals surface area (Å²) < 4.78 is 43.8. The van der Waals surface area contributed by atoms with Crippen LogP contribution in [0.15, 0.2) is 164 Å². The van der Waals surface area contributed by atoms with E-state index in [9.17, 15) is 0 Å². The highest BCUT2D eigenvalue weighted by atomic mass is 32.1.